The van der Waals surface area contributed by atoms with Crippen molar-refractivity contribution in [2.24, 2.45) is 5.73 Å². The maximum Gasteiger partial charge on any atom is 0.0542 e. The van der Waals surface area contributed by atoms with Gasteiger partial charge < -0.3 is 5.73 Å². The number of rotatable bonds is 1. The van der Waals surface area contributed by atoms with Gasteiger partial charge in [-0.15, -0.1) is 0 Å². The maximum absolute atomic E-state index is 5.83. The minimum atomic E-state index is 0.554. The molecular formula is C7H7ClIN. The average molecular weight is 267 g/mol. The molecule has 0 unspecified atom stereocenters. The molecule has 0 aliphatic carbocycles. The van der Waals surface area contributed by atoms with Crippen LogP contribution >= 0.6 is 34.2 Å². The number of benzene rings is 1. The van der Waals surface area contributed by atoms with Crippen molar-refractivity contribution in [3.05, 3.63) is 32.4 Å². The van der Waals surface area contributed by atoms with Crippen LogP contribution in [-0.2, 0) is 6.54 Å². The van der Waals surface area contributed by atoms with E-state index in [1.165, 1.54) is 0 Å². The van der Waals surface area contributed by atoms with Crippen LogP contribution < -0.4 is 5.73 Å². The van der Waals surface area contributed by atoms with Crippen molar-refractivity contribution in [1.29, 1.82) is 0 Å². The van der Waals surface area contributed by atoms with E-state index in [0.717, 1.165) is 14.2 Å². The summed E-state index contributed by atoms with van der Waals surface area (Å²) in [5.41, 5.74) is 6.56. The molecule has 0 saturated heterocycles. The first-order valence-electron chi connectivity index (χ1n) is 2.88. The van der Waals surface area contributed by atoms with Gasteiger partial charge in [-0.05, 0) is 34.2 Å². The summed E-state index contributed by atoms with van der Waals surface area (Å²) < 4.78 is 1.06. The van der Waals surface area contributed by atoms with Crippen LogP contribution in [0.2, 0.25) is 5.02 Å². The number of nitrogens with two attached hydrogens (primary N) is 1. The maximum atomic E-state index is 5.83. The van der Waals surface area contributed by atoms with E-state index in [0.29, 0.717) is 6.54 Å². The number of halogens is 2. The molecule has 1 aromatic rings. The molecule has 1 nitrogen and oxygen atoms in total. The monoisotopic (exact) mass is 267 g/mol. The van der Waals surface area contributed by atoms with E-state index in [2.05, 4.69) is 22.6 Å². The summed E-state index contributed by atoms with van der Waals surface area (Å²) in [6, 6.07) is 5.75. The van der Waals surface area contributed by atoms with Gasteiger partial charge in [-0.3, -0.25) is 0 Å². The van der Waals surface area contributed by atoms with Crippen molar-refractivity contribution < 1.29 is 0 Å². The van der Waals surface area contributed by atoms with Gasteiger partial charge in [0.2, 0.25) is 0 Å². The lowest BCUT2D eigenvalue weighted by molar-refractivity contribution is 1.06. The summed E-state index contributed by atoms with van der Waals surface area (Å²) in [5.74, 6) is 0. The van der Waals surface area contributed by atoms with Crippen molar-refractivity contribution in [2.45, 2.75) is 6.54 Å². The molecule has 0 fully saturated rings. The van der Waals surface area contributed by atoms with E-state index >= 15 is 0 Å². The Kier molecular flexibility index (Phi) is 2.95. The van der Waals surface area contributed by atoms with E-state index in [9.17, 15) is 0 Å². The van der Waals surface area contributed by atoms with E-state index in [4.69, 9.17) is 17.3 Å². The van der Waals surface area contributed by atoms with Crippen LogP contribution in [0.3, 0.4) is 0 Å². The minimum absolute atomic E-state index is 0.554. The number of hydrogen-bond donors (Lipinski definition) is 1. The molecule has 10 heavy (non-hydrogen) atoms. The van der Waals surface area contributed by atoms with Crippen molar-refractivity contribution >= 4 is 34.2 Å². The van der Waals surface area contributed by atoms with Gasteiger partial charge in [0, 0.05) is 10.1 Å². The highest BCUT2D eigenvalue weighted by molar-refractivity contribution is 14.1. The van der Waals surface area contributed by atoms with Gasteiger partial charge in [-0.1, -0.05) is 23.7 Å². The molecule has 2 N–H and O–H groups in total. The fourth-order valence-electron chi connectivity index (χ4n) is 0.706. The molecule has 0 heterocycles. The zero-order chi connectivity index (χ0) is 7.56. The van der Waals surface area contributed by atoms with Crippen molar-refractivity contribution in [2.75, 3.05) is 0 Å². The topological polar surface area (TPSA) is 26.0 Å². The van der Waals surface area contributed by atoms with Crippen LogP contribution in [0.15, 0.2) is 18.2 Å². The van der Waals surface area contributed by atoms with Gasteiger partial charge in [0.05, 0.1) is 5.02 Å². The van der Waals surface area contributed by atoms with Crippen LogP contribution in [0, 0.1) is 3.57 Å². The predicted octanol–water partition coefficient (Wildman–Crippen LogP) is 2.40. The normalized spacial score (nSPS) is 9.90. The van der Waals surface area contributed by atoms with Crippen LogP contribution in [0.4, 0.5) is 0 Å². The predicted molar refractivity (Wildman–Crippen MR) is 52.1 cm³/mol. The SMILES string of the molecule is NCc1cccc(Cl)c1I. The Morgan fingerprint density at radius 3 is 2.70 bits per heavy atom. The lowest BCUT2D eigenvalue weighted by Crippen LogP contribution is -1.98. The van der Waals surface area contributed by atoms with Crippen molar-refractivity contribution in [3.8, 4) is 0 Å². The second kappa shape index (κ2) is 3.55. The van der Waals surface area contributed by atoms with Crippen LogP contribution in [0.1, 0.15) is 5.56 Å². The summed E-state index contributed by atoms with van der Waals surface area (Å²) >= 11 is 8.02. The molecule has 0 aliphatic rings. The van der Waals surface area contributed by atoms with Gasteiger partial charge >= 0.3 is 0 Å². The Labute approximate surface area is 78.7 Å². The first kappa shape index (κ1) is 8.30. The Morgan fingerprint density at radius 2 is 2.20 bits per heavy atom. The molecule has 0 atom stereocenters. The third kappa shape index (κ3) is 1.62. The van der Waals surface area contributed by atoms with Gasteiger partial charge in [0.15, 0.2) is 0 Å². The highest BCUT2D eigenvalue weighted by Gasteiger charge is 1.99. The lowest BCUT2D eigenvalue weighted by Gasteiger charge is -2.00. The van der Waals surface area contributed by atoms with Crippen LogP contribution in [0.25, 0.3) is 0 Å². The molecule has 54 valence electrons. The first-order valence-corrected chi connectivity index (χ1v) is 4.34. The van der Waals surface area contributed by atoms with Crippen molar-refractivity contribution in [1.82, 2.24) is 0 Å². The van der Waals surface area contributed by atoms with Gasteiger partial charge in [0.1, 0.15) is 0 Å². The summed E-state index contributed by atoms with van der Waals surface area (Å²) in [6.07, 6.45) is 0. The molecule has 1 rings (SSSR count). The second-order valence-corrected chi connectivity index (χ2v) is 3.40. The molecule has 0 radical (unpaired) electrons. The highest BCUT2D eigenvalue weighted by atomic mass is 127. The van der Waals surface area contributed by atoms with Crippen LogP contribution in [-0.4, -0.2) is 0 Å². The van der Waals surface area contributed by atoms with Gasteiger partial charge in [-0.2, -0.15) is 0 Å². The third-order valence-corrected chi connectivity index (χ3v) is 3.16. The van der Waals surface area contributed by atoms with E-state index < -0.39 is 0 Å². The Morgan fingerprint density at radius 1 is 1.50 bits per heavy atom. The molecule has 0 aliphatic heterocycles. The van der Waals surface area contributed by atoms with Crippen LogP contribution in [0.5, 0.6) is 0 Å². The lowest BCUT2D eigenvalue weighted by atomic mass is 10.2. The molecule has 0 bridgehead atoms. The molecule has 0 saturated carbocycles. The highest BCUT2D eigenvalue weighted by Crippen LogP contribution is 2.21. The van der Waals surface area contributed by atoms with Gasteiger partial charge in [-0.25, -0.2) is 0 Å². The largest absolute Gasteiger partial charge is 0.326 e. The summed E-state index contributed by atoms with van der Waals surface area (Å²) in [4.78, 5) is 0. The Bertz CT molecular complexity index is 237. The summed E-state index contributed by atoms with van der Waals surface area (Å²) in [7, 11) is 0. The average Bonchev–Trinajstić information content (AvgIpc) is 1.95. The Balaban J connectivity index is 3.14. The summed E-state index contributed by atoms with van der Waals surface area (Å²) in [5, 5.41) is 0.781. The van der Waals surface area contributed by atoms with Crippen molar-refractivity contribution in [3.63, 3.8) is 0 Å². The second-order valence-electron chi connectivity index (χ2n) is 1.92. The molecular weight excluding hydrogens is 260 g/mol. The quantitative estimate of drug-likeness (QED) is 0.777. The van der Waals surface area contributed by atoms with E-state index in [1.54, 1.807) is 0 Å². The fourth-order valence-corrected chi connectivity index (χ4v) is 1.48. The zero-order valence-corrected chi connectivity index (χ0v) is 8.19. The van der Waals surface area contributed by atoms with E-state index in [-0.39, 0.29) is 0 Å². The minimum Gasteiger partial charge on any atom is -0.326 e. The number of hydrogen-bond acceptors (Lipinski definition) is 1. The third-order valence-electron chi connectivity index (χ3n) is 1.25. The molecule has 3 heteroatoms. The summed E-state index contributed by atoms with van der Waals surface area (Å²) in [6.45, 7) is 0.554. The van der Waals surface area contributed by atoms with E-state index in [1.807, 2.05) is 18.2 Å². The molecule has 1 aromatic carbocycles. The Hall–Kier alpha value is 0.200. The fraction of sp³-hybridized carbons (Fsp3) is 0.143. The molecule has 0 spiro atoms. The molecule has 0 amide bonds. The zero-order valence-electron chi connectivity index (χ0n) is 5.27. The first-order chi connectivity index (χ1) is 4.75. The standard InChI is InChI=1S/C7H7ClIN/c8-6-3-1-2-5(4-10)7(6)9/h1-3H,4,10H2. The smallest absolute Gasteiger partial charge is 0.0542 e. The van der Waals surface area contributed by atoms with Gasteiger partial charge in [0.25, 0.3) is 0 Å². The molecule has 0 aromatic heterocycles.